The fraction of sp³-hybridized carbons (Fsp3) is 0.417. The Morgan fingerprint density at radius 2 is 1.94 bits per heavy atom. The molecular formula is C24H29FN6O4. The van der Waals surface area contributed by atoms with E-state index in [9.17, 15) is 14.7 Å². The predicted molar refractivity (Wildman–Crippen MR) is 129 cm³/mol. The number of ether oxygens (including phenoxy) is 1. The van der Waals surface area contributed by atoms with Crippen LogP contribution in [0.25, 0.3) is 16.6 Å². The first kappa shape index (κ1) is 24.6. The van der Waals surface area contributed by atoms with Crippen LogP contribution in [0.15, 0.2) is 24.5 Å². The molecule has 11 heteroatoms. The number of aromatic nitrogens is 3. The Labute approximate surface area is 202 Å². The largest absolute Gasteiger partial charge is 0.465 e. The number of rotatable bonds is 5. The zero-order chi connectivity index (χ0) is 25.5. The number of carbonyl (C=O) groups is 2. The summed E-state index contributed by atoms with van der Waals surface area (Å²) in [4.78, 5) is 32.0. The molecule has 1 aliphatic heterocycles. The molecule has 0 atom stereocenters. The summed E-state index contributed by atoms with van der Waals surface area (Å²) in [5.41, 5.74) is 7.48. The lowest BCUT2D eigenvalue weighted by molar-refractivity contribution is 0.0333. The van der Waals surface area contributed by atoms with Gasteiger partial charge in [0.15, 0.2) is 11.6 Å². The molecule has 3 N–H and O–H groups in total. The van der Waals surface area contributed by atoms with E-state index in [-0.39, 0.29) is 17.3 Å². The lowest BCUT2D eigenvalue weighted by Crippen LogP contribution is -2.45. The molecule has 35 heavy (non-hydrogen) atoms. The van der Waals surface area contributed by atoms with Crippen molar-refractivity contribution in [2.75, 3.05) is 36.9 Å². The SMILES string of the molecule is CC(=O)c1c(-c2ccc(N(C(=O)O)C(C)(C)C)c(F)c2)c2c(N)ncnn2c1CN1CCOCC1. The Morgan fingerprint density at radius 1 is 1.26 bits per heavy atom. The Hall–Kier alpha value is -3.57. The van der Waals surface area contributed by atoms with Crippen LogP contribution in [0.1, 0.15) is 43.7 Å². The van der Waals surface area contributed by atoms with Gasteiger partial charge in [-0.25, -0.2) is 18.7 Å². The van der Waals surface area contributed by atoms with Gasteiger partial charge in [-0.15, -0.1) is 0 Å². The quantitative estimate of drug-likeness (QED) is 0.528. The highest BCUT2D eigenvalue weighted by molar-refractivity contribution is 6.08. The second-order valence-corrected chi connectivity index (χ2v) is 9.50. The van der Waals surface area contributed by atoms with Crippen molar-refractivity contribution in [3.05, 3.63) is 41.6 Å². The summed E-state index contributed by atoms with van der Waals surface area (Å²) in [5.74, 6) is -0.810. The molecule has 4 rings (SSSR count). The van der Waals surface area contributed by atoms with Crippen molar-refractivity contribution >= 4 is 28.9 Å². The first-order valence-corrected chi connectivity index (χ1v) is 11.3. The number of Topliss-reactive ketones (excluding diaryl/α,β-unsaturated/α-hetero) is 1. The summed E-state index contributed by atoms with van der Waals surface area (Å²) >= 11 is 0. The van der Waals surface area contributed by atoms with Crippen LogP contribution in [0, 0.1) is 5.82 Å². The molecular weight excluding hydrogens is 455 g/mol. The van der Waals surface area contributed by atoms with Crippen LogP contribution in [0.5, 0.6) is 0 Å². The first-order valence-electron chi connectivity index (χ1n) is 11.3. The molecule has 10 nitrogen and oxygen atoms in total. The van der Waals surface area contributed by atoms with Crippen molar-refractivity contribution < 1.29 is 23.8 Å². The first-order chi connectivity index (χ1) is 16.5. The standard InChI is InChI=1S/C24H29FN6O4/c1-14(32)19-18(12-29-7-9-35-10-8-29)31-21(22(26)27-13-28-31)20(19)15-5-6-17(16(25)11-15)30(23(33)34)24(2,3)4/h5-6,11,13H,7-10,12H2,1-4H3,(H,33,34)(H2,26,27,28). The van der Waals surface area contributed by atoms with E-state index in [0.717, 1.165) is 4.90 Å². The van der Waals surface area contributed by atoms with Crippen molar-refractivity contribution in [1.82, 2.24) is 19.5 Å². The molecule has 0 unspecified atom stereocenters. The van der Waals surface area contributed by atoms with Gasteiger partial charge >= 0.3 is 6.09 Å². The van der Waals surface area contributed by atoms with Crippen molar-refractivity contribution in [2.24, 2.45) is 0 Å². The minimum absolute atomic E-state index is 0.0839. The number of hydrogen-bond acceptors (Lipinski definition) is 7. The Morgan fingerprint density at radius 3 is 2.51 bits per heavy atom. The number of hydrogen-bond donors (Lipinski definition) is 2. The van der Waals surface area contributed by atoms with Crippen molar-refractivity contribution in [3.8, 4) is 11.1 Å². The van der Waals surface area contributed by atoms with E-state index in [2.05, 4.69) is 15.0 Å². The van der Waals surface area contributed by atoms with Crippen LogP contribution in [-0.2, 0) is 11.3 Å². The van der Waals surface area contributed by atoms with Gasteiger partial charge in [-0.3, -0.25) is 14.6 Å². The number of fused-ring (bicyclic) bond motifs is 1. The Balaban J connectivity index is 1.92. The number of nitrogens with two attached hydrogens (primary N) is 1. The fourth-order valence-electron chi connectivity index (χ4n) is 4.55. The van der Waals surface area contributed by atoms with E-state index in [1.54, 1.807) is 31.4 Å². The predicted octanol–water partition coefficient (Wildman–Crippen LogP) is 3.44. The van der Waals surface area contributed by atoms with E-state index >= 15 is 4.39 Å². The molecule has 0 radical (unpaired) electrons. The molecule has 0 spiro atoms. The number of nitrogens with zero attached hydrogens (tertiary/aromatic N) is 5. The molecule has 0 saturated carbocycles. The average Bonchev–Trinajstić information content (AvgIpc) is 3.10. The minimum atomic E-state index is -1.27. The smallest absolute Gasteiger partial charge is 0.412 e. The van der Waals surface area contributed by atoms with Crippen molar-refractivity contribution in [3.63, 3.8) is 0 Å². The highest BCUT2D eigenvalue weighted by Gasteiger charge is 2.32. The number of nitrogen functional groups attached to an aromatic ring is 1. The zero-order valence-electron chi connectivity index (χ0n) is 20.2. The van der Waals surface area contributed by atoms with Gasteiger partial charge in [0.1, 0.15) is 17.7 Å². The van der Waals surface area contributed by atoms with Gasteiger partial charge in [-0.05, 0) is 45.4 Å². The van der Waals surface area contributed by atoms with E-state index in [1.807, 2.05) is 0 Å². The Bertz CT molecular complexity index is 1290. The fourth-order valence-corrected chi connectivity index (χ4v) is 4.55. The van der Waals surface area contributed by atoms with E-state index < -0.39 is 17.4 Å². The maximum atomic E-state index is 15.4. The van der Waals surface area contributed by atoms with E-state index in [4.69, 9.17) is 10.5 Å². The molecule has 1 saturated heterocycles. The van der Waals surface area contributed by atoms with Crippen molar-refractivity contribution in [1.29, 1.82) is 0 Å². The lowest BCUT2D eigenvalue weighted by Gasteiger charge is -2.33. The lowest BCUT2D eigenvalue weighted by atomic mass is 9.97. The number of halogens is 1. The second kappa shape index (κ2) is 9.23. The molecule has 2 aromatic heterocycles. The maximum absolute atomic E-state index is 15.4. The highest BCUT2D eigenvalue weighted by Crippen LogP contribution is 2.38. The molecule has 0 bridgehead atoms. The molecule has 1 aliphatic rings. The van der Waals surface area contributed by atoms with Crippen LogP contribution in [0.4, 0.5) is 20.7 Å². The molecule has 1 amide bonds. The topological polar surface area (TPSA) is 126 Å². The zero-order valence-corrected chi connectivity index (χ0v) is 20.2. The number of morpholine rings is 1. The van der Waals surface area contributed by atoms with Gasteiger partial charge in [0.05, 0.1) is 30.2 Å². The molecule has 186 valence electrons. The number of benzene rings is 1. The summed E-state index contributed by atoms with van der Waals surface area (Å²) in [6.45, 7) is 9.48. The highest BCUT2D eigenvalue weighted by atomic mass is 19.1. The minimum Gasteiger partial charge on any atom is -0.465 e. The molecule has 1 fully saturated rings. The third-order valence-corrected chi connectivity index (χ3v) is 6.02. The monoisotopic (exact) mass is 484 g/mol. The summed E-state index contributed by atoms with van der Waals surface area (Å²) in [6, 6.07) is 4.22. The molecule has 0 aliphatic carbocycles. The van der Waals surface area contributed by atoms with E-state index in [1.165, 1.54) is 25.4 Å². The number of carboxylic acid groups (broad SMARTS) is 1. The molecule has 3 heterocycles. The van der Waals surface area contributed by atoms with Crippen molar-refractivity contribution in [2.45, 2.75) is 39.8 Å². The average molecular weight is 485 g/mol. The molecule has 3 aromatic rings. The number of carbonyl (C=O) groups excluding carboxylic acids is 1. The van der Waals surface area contributed by atoms with Gasteiger partial charge in [-0.2, -0.15) is 5.10 Å². The Kier molecular flexibility index (Phi) is 6.48. The summed E-state index contributed by atoms with van der Waals surface area (Å²) in [5, 5.41) is 14.0. The number of anilines is 2. The third-order valence-electron chi connectivity index (χ3n) is 6.02. The number of ketones is 1. The van der Waals surface area contributed by atoms with Gasteiger partial charge < -0.3 is 15.6 Å². The summed E-state index contributed by atoms with van der Waals surface area (Å²) in [6.07, 6.45) is 0.0460. The van der Waals surface area contributed by atoms with Crippen LogP contribution >= 0.6 is 0 Å². The second-order valence-electron chi connectivity index (χ2n) is 9.50. The van der Waals surface area contributed by atoms with Gasteiger partial charge in [0.2, 0.25) is 0 Å². The summed E-state index contributed by atoms with van der Waals surface area (Å²) in [7, 11) is 0. The molecule has 1 aromatic carbocycles. The number of amides is 1. The van der Waals surface area contributed by atoms with E-state index in [0.29, 0.717) is 60.7 Å². The summed E-state index contributed by atoms with van der Waals surface area (Å²) < 4.78 is 22.4. The van der Waals surface area contributed by atoms with Crippen LogP contribution in [0.2, 0.25) is 0 Å². The normalized spacial score (nSPS) is 14.9. The van der Waals surface area contributed by atoms with Crippen LogP contribution in [0.3, 0.4) is 0 Å². The maximum Gasteiger partial charge on any atom is 0.412 e. The van der Waals surface area contributed by atoms with Crippen LogP contribution < -0.4 is 10.6 Å². The third kappa shape index (κ3) is 4.56. The van der Waals surface area contributed by atoms with Crippen LogP contribution in [-0.4, -0.2) is 68.3 Å². The van der Waals surface area contributed by atoms with Gasteiger partial charge in [0, 0.05) is 30.7 Å². The van der Waals surface area contributed by atoms with Gasteiger partial charge in [-0.1, -0.05) is 6.07 Å². The van der Waals surface area contributed by atoms with Gasteiger partial charge in [0.25, 0.3) is 0 Å².